The van der Waals surface area contributed by atoms with E-state index in [0.29, 0.717) is 17.1 Å². The molecule has 4 aromatic rings. The van der Waals surface area contributed by atoms with Crippen molar-refractivity contribution in [1.29, 1.82) is 0 Å². The molecule has 156 valence electrons. The second-order valence-corrected chi connectivity index (χ2v) is 7.74. The number of aromatic nitrogens is 2. The van der Waals surface area contributed by atoms with Gasteiger partial charge >= 0.3 is 0 Å². The van der Waals surface area contributed by atoms with Crippen LogP contribution < -0.4 is 5.32 Å². The maximum Gasteiger partial charge on any atom is 0.251 e. The average molecular weight is 430 g/mol. The Balaban J connectivity index is 1.40. The summed E-state index contributed by atoms with van der Waals surface area (Å²) in [6, 6.07) is 25.4. The van der Waals surface area contributed by atoms with Crippen LogP contribution >= 0.6 is 11.6 Å². The summed E-state index contributed by atoms with van der Waals surface area (Å²) in [5.41, 5.74) is 3.91. The summed E-state index contributed by atoms with van der Waals surface area (Å²) >= 11 is 5.88. The van der Waals surface area contributed by atoms with Crippen LogP contribution in [0.15, 0.2) is 84.9 Å². The SMILES string of the molecule is O=C(NCCCc1nc2ccccc2n1C/C=C/c1ccccc1)c1ccc(Cl)cc1. The van der Waals surface area contributed by atoms with Gasteiger partial charge < -0.3 is 9.88 Å². The lowest BCUT2D eigenvalue weighted by atomic mass is 10.2. The van der Waals surface area contributed by atoms with E-state index in [1.165, 1.54) is 5.56 Å². The molecule has 3 aromatic carbocycles. The second-order valence-electron chi connectivity index (χ2n) is 7.31. The number of fused-ring (bicyclic) bond motifs is 1. The smallest absolute Gasteiger partial charge is 0.251 e. The molecule has 4 rings (SSSR count). The van der Waals surface area contributed by atoms with Crippen molar-refractivity contribution >= 4 is 34.6 Å². The highest BCUT2D eigenvalue weighted by atomic mass is 35.5. The topological polar surface area (TPSA) is 46.9 Å². The number of para-hydroxylation sites is 2. The Kier molecular flexibility index (Phi) is 6.80. The predicted octanol–water partition coefficient (Wildman–Crippen LogP) is 5.77. The number of nitrogens with one attached hydrogen (secondary N) is 1. The number of carbonyl (C=O) groups is 1. The molecule has 0 saturated heterocycles. The van der Waals surface area contributed by atoms with Crippen LogP contribution in [-0.4, -0.2) is 22.0 Å². The molecule has 1 aromatic heterocycles. The van der Waals surface area contributed by atoms with Crippen LogP contribution in [0.3, 0.4) is 0 Å². The van der Waals surface area contributed by atoms with E-state index >= 15 is 0 Å². The molecule has 1 heterocycles. The fraction of sp³-hybridized carbons (Fsp3) is 0.154. The van der Waals surface area contributed by atoms with Gasteiger partial charge in [-0.3, -0.25) is 4.79 Å². The Hall–Kier alpha value is -3.37. The first-order valence-electron chi connectivity index (χ1n) is 10.4. The molecule has 0 aliphatic rings. The zero-order valence-corrected chi connectivity index (χ0v) is 17.9. The number of allylic oxidation sites excluding steroid dienone is 1. The summed E-state index contributed by atoms with van der Waals surface area (Å²) in [4.78, 5) is 17.1. The molecule has 0 spiro atoms. The highest BCUT2D eigenvalue weighted by molar-refractivity contribution is 6.30. The van der Waals surface area contributed by atoms with Gasteiger partial charge in [0.15, 0.2) is 0 Å². The van der Waals surface area contributed by atoms with Crippen LogP contribution in [0.25, 0.3) is 17.1 Å². The van der Waals surface area contributed by atoms with Gasteiger partial charge in [0.25, 0.3) is 5.91 Å². The van der Waals surface area contributed by atoms with Crippen LogP contribution in [0.4, 0.5) is 0 Å². The Labute approximate surface area is 187 Å². The zero-order chi connectivity index (χ0) is 21.5. The molecular weight excluding hydrogens is 406 g/mol. The van der Waals surface area contributed by atoms with E-state index in [-0.39, 0.29) is 5.91 Å². The van der Waals surface area contributed by atoms with Gasteiger partial charge in [-0.05, 0) is 48.4 Å². The van der Waals surface area contributed by atoms with Crippen molar-refractivity contribution in [2.24, 2.45) is 0 Å². The van der Waals surface area contributed by atoms with E-state index < -0.39 is 0 Å². The monoisotopic (exact) mass is 429 g/mol. The maximum atomic E-state index is 12.3. The average Bonchev–Trinajstić information content (AvgIpc) is 3.15. The molecule has 4 nitrogen and oxygen atoms in total. The molecule has 31 heavy (non-hydrogen) atoms. The lowest BCUT2D eigenvalue weighted by Crippen LogP contribution is -2.24. The number of nitrogens with zero attached hydrogens (tertiary/aromatic N) is 2. The van der Waals surface area contributed by atoms with Crippen molar-refractivity contribution in [3.05, 3.63) is 107 Å². The maximum absolute atomic E-state index is 12.3. The second kappa shape index (κ2) is 10.1. The molecule has 0 unspecified atom stereocenters. The lowest BCUT2D eigenvalue weighted by Gasteiger charge is -2.08. The molecular formula is C26H24ClN3O. The van der Waals surface area contributed by atoms with Crippen molar-refractivity contribution in [2.75, 3.05) is 6.54 Å². The van der Waals surface area contributed by atoms with Gasteiger partial charge in [0.05, 0.1) is 11.0 Å². The van der Waals surface area contributed by atoms with Crippen molar-refractivity contribution in [1.82, 2.24) is 14.9 Å². The third kappa shape index (κ3) is 5.41. The van der Waals surface area contributed by atoms with Crippen molar-refractivity contribution < 1.29 is 4.79 Å². The first-order chi connectivity index (χ1) is 15.2. The number of halogens is 1. The molecule has 0 aliphatic carbocycles. The minimum Gasteiger partial charge on any atom is -0.352 e. The van der Waals surface area contributed by atoms with Gasteiger partial charge in [-0.2, -0.15) is 0 Å². The van der Waals surface area contributed by atoms with Crippen LogP contribution in [0.5, 0.6) is 0 Å². The highest BCUT2D eigenvalue weighted by Crippen LogP contribution is 2.18. The number of imidazole rings is 1. The quantitative estimate of drug-likeness (QED) is 0.361. The predicted molar refractivity (Wildman–Crippen MR) is 127 cm³/mol. The van der Waals surface area contributed by atoms with Crippen LogP contribution in [0.2, 0.25) is 5.02 Å². The number of hydrogen-bond donors (Lipinski definition) is 1. The van der Waals surface area contributed by atoms with Crippen LogP contribution in [-0.2, 0) is 13.0 Å². The molecule has 0 saturated carbocycles. The molecule has 0 radical (unpaired) electrons. The van der Waals surface area contributed by atoms with Crippen LogP contribution in [0.1, 0.15) is 28.2 Å². The largest absolute Gasteiger partial charge is 0.352 e. The lowest BCUT2D eigenvalue weighted by molar-refractivity contribution is 0.0953. The van der Waals surface area contributed by atoms with E-state index in [2.05, 4.69) is 40.2 Å². The first-order valence-corrected chi connectivity index (χ1v) is 10.8. The van der Waals surface area contributed by atoms with E-state index in [1.807, 2.05) is 36.4 Å². The van der Waals surface area contributed by atoms with Crippen molar-refractivity contribution in [3.8, 4) is 0 Å². The number of benzene rings is 3. The minimum absolute atomic E-state index is 0.0871. The van der Waals surface area contributed by atoms with Gasteiger partial charge in [0, 0.05) is 30.1 Å². The Morgan fingerprint density at radius 3 is 2.52 bits per heavy atom. The van der Waals surface area contributed by atoms with Crippen molar-refractivity contribution in [3.63, 3.8) is 0 Å². The third-order valence-electron chi connectivity index (χ3n) is 5.10. The van der Waals surface area contributed by atoms with Crippen LogP contribution in [0, 0.1) is 0 Å². The van der Waals surface area contributed by atoms with E-state index in [4.69, 9.17) is 16.6 Å². The zero-order valence-electron chi connectivity index (χ0n) is 17.2. The Morgan fingerprint density at radius 1 is 0.968 bits per heavy atom. The van der Waals surface area contributed by atoms with Crippen molar-refractivity contribution in [2.45, 2.75) is 19.4 Å². The van der Waals surface area contributed by atoms with E-state index in [1.54, 1.807) is 24.3 Å². The Morgan fingerprint density at radius 2 is 1.71 bits per heavy atom. The van der Waals surface area contributed by atoms with E-state index in [0.717, 1.165) is 36.2 Å². The normalized spacial score (nSPS) is 11.3. The molecule has 0 fully saturated rings. The number of amides is 1. The summed E-state index contributed by atoms with van der Waals surface area (Å²) in [6.07, 6.45) is 5.89. The summed E-state index contributed by atoms with van der Waals surface area (Å²) in [6.45, 7) is 1.34. The summed E-state index contributed by atoms with van der Waals surface area (Å²) < 4.78 is 2.25. The number of hydrogen-bond acceptors (Lipinski definition) is 2. The summed E-state index contributed by atoms with van der Waals surface area (Å²) in [5, 5.41) is 3.60. The number of aryl methyl sites for hydroxylation is 1. The summed E-state index contributed by atoms with van der Waals surface area (Å²) in [5.74, 6) is 0.940. The fourth-order valence-corrected chi connectivity index (χ4v) is 3.66. The van der Waals surface area contributed by atoms with Gasteiger partial charge in [-0.1, -0.05) is 66.2 Å². The van der Waals surface area contributed by atoms with Gasteiger partial charge in [-0.15, -0.1) is 0 Å². The number of carbonyl (C=O) groups excluding carboxylic acids is 1. The first kappa shape index (κ1) is 20.9. The molecule has 0 atom stereocenters. The Bertz CT molecular complexity index is 1180. The molecule has 0 aliphatic heterocycles. The molecule has 5 heteroatoms. The number of rotatable bonds is 8. The van der Waals surface area contributed by atoms with Gasteiger partial charge in [0.1, 0.15) is 5.82 Å². The molecule has 0 bridgehead atoms. The molecule has 1 N–H and O–H groups in total. The van der Waals surface area contributed by atoms with E-state index in [9.17, 15) is 4.79 Å². The third-order valence-corrected chi connectivity index (χ3v) is 5.35. The standard InChI is InChI=1S/C26H24ClN3O/c27-22-16-14-21(15-17-22)26(31)28-18-6-13-25-29-23-11-4-5-12-24(23)30(25)19-7-10-20-8-2-1-3-9-20/h1-5,7-12,14-17H,6,13,18-19H2,(H,28,31)/b10-7+. The minimum atomic E-state index is -0.0871. The summed E-state index contributed by atoms with van der Waals surface area (Å²) in [7, 11) is 0. The highest BCUT2D eigenvalue weighted by Gasteiger charge is 2.10. The fourth-order valence-electron chi connectivity index (χ4n) is 3.53. The molecule has 1 amide bonds. The van der Waals surface area contributed by atoms with Gasteiger partial charge in [-0.25, -0.2) is 4.98 Å². The van der Waals surface area contributed by atoms with Gasteiger partial charge in [0.2, 0.25) is 0 Å².